The molecule has 0 fully saturated rings. The van der Waals surface area contributed by atoms with Crippen molar-refractivity contribution in [1.82, 2.24) is 19.4 Å². The average Bonchev–Trinajstić information content (AvgIpc) is 2.98. The van der Waals surface area contributed by atoms with Crippen LogP contribution < -0.4 is 0 Å². The fourth-order valence-corrected chi connectivity index (χ4v) is 3.35. The molecular weight excluding hydrogens is 328 g/mol. The van der Waals surface area contributed by atoms with Gasteiger partial charge in [-0.25, -0.2) is 0 Å². The van der Waals surface area contributed by atoms with Crippen LogP contribution in [0.4, 0.5) is 0 Å². The van der Waals surface area contributed by atoms with Gasteiger partial charge in [0, 0.05) is 71.2 Å². The zero-order chi connectivity index (χ0) is 18.4. The fourth-order valence-electron chi connectivity index (χ4n) is 3.35. The van der Waals surface area contributed by atoms with Crippen molar-refractivity contribution in [2.45, 2.75) is 26.1 Å². The Labute approximate surface area is 155 Å². The summed E-state index contributed by atoms with van der Waals surface area (Å²) in [6, 6.07) is 8.48. The molecule has 0 aliphatic carbocycles. The molecule has 26 heavy (non-hydrogen) atoms. The number of ether oxygens (including phenoxy) is 1. The van der Waals surface area contributed by atoms with Crippen molar-refractivity contribution < 1.29 is 9.53 Å². The predicted molar refractivity (Wildman–Crippen MR) is 100 cm³/mol. The number of rotatable bonds is 7. The highest BCUT2D eigenvalue weighted by Crippen LogP contribution is 2.21. The summed E-state index contributed by atoms with van der Waals surface area (Å²) in [5, 5.41) is 0. The van der Waals surface area contributed by atoms with Crippen LogP contribution in [0.3, 0.4) is 0 Å². The van der Waals surface area contributed by atoms with Crippen LogP contribution in [0.1, 0.15) is 17.7 Å². The van der Waals surface area contributed by atoms with E-state index in [1.54, 1.807) is 19.0 Å². The van der Waals surface area contributed by atoms with E-state index in [4.69, 9.17) is 4.74 Å². The lowest BCUT2D eigenvalue weighted by atomic mass is 10.1. The maximum Gasteiger partial charge on any atom is 0.248 e. The number of aromatic nitrogens is 2. The van der Waals surface area contributed by atoms with Crippen molar-refractivity contribution in [1.29, 1.82) is 0 Å². The van der Waals surface area contributed by atoms with E-state index in [9.17, 15) is 4.79 Å². The zero-order valence-electron chi connectivity index (χ0n) is 15.7. The van der Waals surface area contributed by atoms with E-state index in [1.807, 2.05) is 12.4 Å². The molecule has 6 heteroatoms. The summed E-state index contributed by atoms with van der Waals surface area (Å²) in [7, 11) is 3.50. The highest BCUT2D eigenvalue weighted by atomic mass is 16.5. The van der Waals surface area contributed by atoms with Crippen LogP contribution in [0.15, 0.2) is 42.9 Å². The zero-order valence-corrected chi connectivity index (χ0v) is 15.7. The van der Waals surface area contributed by atoms with E-state index in [2.05, 4.69) is 44.9 Å². The number of carbonyl (C=O) groups excluding carboxylic acids is 1. The highest BCUT2D eigenvalue weighted by Gasteiger charge is 2.21. The molecule has 0 saturated carbocycles. The number of nitrogens with zero attached hydrogens (tertiary/aromatic N) is 4. The number of amides is 1. The molecule has 140 valence electrons. The molecule has 0 spiro atoms. The molecule has 2 aromatic rings. The largest absolute Gasteiger partial charge is 0.372 e. The minimum Gasteiger partial charge on any atom is -0.372 e. The molecule has 1 amide bonds. The van der Waals surface area contributed by atoms with Gasteiger partial charge in [-0.3, -0.25) is 14.7 Å². The lowest BCUT2D eigenvalue weighted by molar-refractivity contribution is -0.133. The van der Waals surface area contributed by atoms with Gasteiger partial charge in [-0.15, -0.1) is 0 Å². The number of hydrogen-bond donors (Lipinski definition) is 0. The quantitative estimate of drug-likeness (QED) is 0.712. The van der Waals surface area contributed by atoms with Gasteiger partial charge in [0.05, 0.1) is 0 Å². The van der Waals surface area contributed by atoms with Crippen molar-refractivity contribution in [2.75, 3.05) is 33.9 Å². The Bertz CT molecular complexity index is 699. The van der Waals surface area contributed by atoms with Gasteiger partial charge < -0.3 is 14.2 Å². The normalized spacial score (nSPS) is 17.5. The van der Waals surface area contributed by atoms with Gasteiger partial charge >= 0.3 is 0 Å². The van der Waals surface area contributed by atoms with Crippen molar-refractivity contribution in [2.24, 2.45) is 5.92 Å². The summed E-state index contributed by atoms with van der Waals surface area (Å²) < 4.78 is 7.95. The first kappa shape index (κ1) is 18.6. The lowest BCUT2D eigenvalue weighted by Gasteiger charge is -2.24. The van der Waals surface area contributed by atoms with Gasteiger partial charge in [-0.2, -0.15) is 0 Å². The minimum absolute atomic E-state index is 0.0119. The van der Waals surface area contributed by atoms with E-state index in [-0.39, 0.29) is 12.5 Å². The molecule has 0 aromatic carbocycles. The van der Waals surface area contributed by atoms with Crippen LogP contribution in [0.2, 0.25) is 0 Å². The molecule has 1 atom stereocenters. The summed E-state index contributed by atoms with van der Waals surface area (Å²) in [5.74, 6) is 0.512. The Morgan fingerprint density at radius 2 is 2.08 bits per heavy atom. The summed E-state index contributed by atoms with van der Waals surface area (Å²) in [5.41, 5.74) is 2.64. The maximum absolute atomic E-state index is 11.6. The van der Waals surface area contributed by atoms with Crippen LogP contribution in [0, 0.1) is 5.92 Å². The standard InChI is InChI=1S/C20H28N4O2/c1-22(2)20(25)16-26-11-7-18-13-23(12-17-5-8-21-9-6-17)15-19-4-3-10-24(19)14-18/h3-6,8-10,18H,7,11-16H2,1-2H3. The summed E-state index contributed by atoms with van der Waals surface area (Å²) >= 11 is 0. The first-order chi connectivity index (χ1) is 12.6. The van der Waals surface area contributed by atoms with Crippen molar-refractivity contribution in [3.8, 4) is 0 Å². The predicted octanol–water partition coefficient (Wildman–Crippen LogP) is 2.01. The molecule has 1 aliphatic rings. The number of pyridine rings is 1. The van der Waals surface area contributed by atoms with Crippen LogP contribution >= 0.6 is 0 Å². The molecular formula is C20H28N4O2. The van der Waals surface area contributed by atoms with E-state index >= 15 is 0 Å². The van der Waals surface area contributed by atoms with Crippen LogP contribution in [0.5, 0.6) is 0 Å². The first-order valence-corrected chi connectivity index (χ1v) is 9.15. The molecule has 0 saturated heterocycles. The number of hydrogen-bond acceptors (Lipinski definition) is 4. The van der Waals surface area contributed by atoms with Crippen molar-refractivity contribution in [3.05, 3.63) is 54.1 Å². The molecule has 1 unspecified atom stereocenters. The van der Waals surface area contributed by atoms with Crippen molar-refractivity contribution in [3.63, 3.8) is 0 Å². The number of fused-ring (bicyclic) bond motifs is 1. The summed E-state index contributed by atoms with van der Waals surface area (Å²) in [6.45, 7) is 4.67. The Kier molecular flexibility index (Phi) is 6.41. The van der Waals surface area contributed by atoms with E-state index in [0.29, 0.717) is 12.5 Å². The van der Waals surface area contributed by atoms with Gasteiger partial charge in [0.2, 0.25) is 5.91 Å². The maximum atomic E-state index is 11.6. The molecule has 0 bridgehead atoms. The smallest absolute Gasteiger partial charge is 0.248 e. The molecule has 2 aromatic heterocycles. The third kappa shape index (κ3) is 5.16. The van der Waals surface area contributed by atoms with Crippen LogP contribution in [-0.4, -0.2) is 59.1 Å². The van der Waals surface area contributed by atoms with E-state index in [1.165, 1.54) is 11.3 Å². The SMILES string of the molecule is CN(C)C(=O)COCCC1CN(Cc2ccncc2)Cc2cccn2C1. The Morgan fingerprint density at radius 3 is 2.85 bits per heavy atom. The third-order valence-electron chi connectivity index (χ3n) is 4.83. The van der Waals surface area contributed by atoms with Gasteiger partial charge in [0.25, 0.3) is 0 Å². The molecule has 1 aliphatic heterocycles. The van der Waals surface area contributed by atoms with Crippen LogP contribution in [-0.2, 0) is 29.2 Å². The third-order valence-corrected chi connectivity index (χ3v) is 4.83. The Hall–Kier alpha value is -2.18. The average molecular weight is 356 g/mol. The van der Waals surface area contributed by atoms with Crippen LogP contribution in [0.25, 0.3) is 0 Å². The van der Waals surface area contributed by atoms with Gasteiger partial charge in [0.15, 0.2) is 0 Å². The van der Waals surface area contributed by atoms with E-state index < -0.39 is 0 Å². The van der Waals surface area contributed by atoms with Gasteiger partial charge in [-0.1, -0.05) is 0 Å². The second kappa shape index (κ2) is 8.96. The monoisotopic (exact) mass is 356 g/mol. The topological polar surface area (TPSA) is 50.6 Å². The second-order valence-corrected chi connectivity index (χ2v) is 7.17. The molecule has 6 nitrogen and oxygen atoms in total. The van der Waals surface area contributed by atoms with Gasteiger partial charge in [-0.05, 0) is 42.2 Å². The summed E-state index contributed by atoms with van der Waals surface area (Å²) in [6.07, 6.45) is 6.81. The Balaban J connectivity index is 1.57. The molecule has 0 N–H and O–H groups in total. The fraction of sp³-hybridized carbons (Fsp3) is 0.500. The molecule has 3 rings (SSSR count). The molecule has 3 heterocycles. The number of likely N-dealkylation sites (N-methyl/N-ethyl adjacent to an activating group) is 1. The molecule has 0 radical (unpaired) electrons. The highest BCUT2D eigenvalue weighted by molar-refractivity contribution is 5.76. The minimum atomic E-state index is 0.0119. The first-order valence-electron chi connectivity index (χ1n) is 9.15. The summed E-state index contributed by atoms with van der Waals surface area (Å²) in [4.78, 5) is 19.8. The Morgan fingerprint density at radius 1 is 1.27 bits per heavy atom. The number of carbonyl (C=O) groups is 1. The lowest BCUT2D eigenvalue weighted by Crippen LogP contribution is -2.29. The van der Waals surface area contributed by atoms with E-state index in [0.717, 1.165) is 32.6 Å². The van der Waals surface area contributed by atoms with Gasteiger partial charge in [0.1, 0.15) is 6.61 Å². The van der Waals surface area contributed by atoms with Crippen molar-refractivity contribution >= 4 is 5.91 Å². The second-order valence-electron chi connectivity index (χ2n) is 7.17.